The van der Waals surface area contributed by atoms with Gasteiger partial charge in [0.25, 0.3) is 0 Å². The van der Waals surface area contributed by atoms with Crippen LogP contribution in [0.2, 0.25) is 0 Å². The topological polar surface area (TPSA) is 103 Å². The van der Waals surface area contributed by atoms with Crippen molar-refractivity contribution in [1.82, 2.24) is 25.3 Å². The number of hydrogen-bond donors (Lipinski definition) is 2. The second-order valence-corrected chi connectivity index (χ2v) is 11.5. The van der Waals surface area contributed by atoms with Crippen molar-refractivity contribution in [2.24, 2.45) is 0 Å². The second-order valence-electron chi connectivity index (χ2n) is 11.5. The predicted octanol–water partition coefficient (Wildman–Crippen LogP) is 4.51. The van der Waals surface area contributed by atoms with Crippen molar-refractivity contribution < 1.29 is 23.9 Å². The Labute approximate surface area is 242 Å². The summed E-state index contributed by atoms with van der Waals surface area (Å²) >= 11 is 0. The molecule has 0 aromatic heterocycles. The molecule has 220 valence electrons. The van der Waals surface area contributed by atoms with E-state index in [1.807, 2.05) is 87.2 Å². The molecular formula is C31H41N5O5. The molecule has 2 atom stereocenters. The maximum Gasteiger partial charge on any atom is 0.338 e. The first-order valence-electron chi connectivity index (χ1n) is 14.0. The molecule has 2 aromatic carbocycles. The summed E-state index contributed by atoms with van der Waals surface area (Å²) in [5.74, 6) is 0.790. The van der Waals surface area contributed by atoms with Gasteiger partial charge in [0.05, 0.1) is 18.2 Å². The van der Waals surface area contributed by atoms with Crippen LogP contribution in [0, 0.1) is 0 Å². The summed E-state index contributed by atoms with van der Waals surface area (Å²) in [4.78, 5) is 44.9. The Morgan fingerprint density at radius 3 is 2.41 bits per heavy atom. The smallest absolute Gasteiger partial charge is 0.338 e. The molecule has 2 N–H and O–H groups in total. The molecule has 4 amide bonds. The van der Waals surface area contributed by atoms with Gasteiger partial charge in [-0.2, -0.15) is 0 Å². The Morgan fingerprint density at radius 1 is 1.05 bits per heavy atom. The molecule has 0 radical (unpaired) electrons. The van der Waals surface area contributed by atoms with Crippen LogP contribution < -0.4 is 15.4 Å². The molecule has 2 unspecified atom stereocenters. The fraction of sp³-hybridized carbons (Fsp3) is 0.452. The van der Waals surface area contributed by atoms with Gasteiger partial charge in [-0.15, -0.1) is 0 Å². The number of piperazine rings is 1. The zero-order valence-electron chi connectivity index (χ0n) is 24.8. The minimum absolute atomic E-state index is 0.0527. The first-order valence-corrected chi connectivity index (χ1v) is 14.0. The molecule has 2 aromatic rings. The summed E-state index contributed by atoms with van der Waals surface area (Å²) < 4.78 is 11.5. The Kier molecular flexibility index (Phi) is 9.22. The number of para-hydroxylation sites is 1. The predicted molar refractivity (Wildman–Crippen MR) is 157 cm³/mol. The van der Waals surface area contributed by atoms with Crippen LogP contribution in [0.15, 0.2) is 65.9 Å². The SMILES string of the molecule is CCOC(=O)C1=C(CN2CCN(C(=O)NC(C)(C)C)C(C)C2)N(C)C(=O)NC1c1cccc(Oc2ccccc2)c1. The van der Waals surface area contributed by atoms with Gasteiger partial charge in [0, 0.05) is 50.5 Å². The largest absolute Gasteiger partial charge is 0.463 e. The number of urea groups is 2. The molecule has 2 heterocycles. The molecule has 10 nitrogen and oxygen atoms in total. The number of carbonyl (C=O) groups excluding carboxylic acids is 3. The Bertz CT molecular complexity index is 1290. The lowest BCUT2D eigenvalue weighted by molar-refractivity contribution is -0.139. The Balaban J connectivity index is 1.62. The maximum atomic E-state index is 13.4. The number of benzene rings is 2. The van der Waals surface area contributed by atoms with Gasteiger partial charge in [0.1, 0.15) is 11.5 Å². The van der Waals surface area contributed by atoms with Crippen molar-refractivity contribution in [2.45, 2.75) is 52.2 Å². The van der Waals surface area contributed by atoms with Crippen molar-refractivity contribution >= 4 is 18.0 Å². The van der Waals surface area contributed by atoms with E-state index in [4.69, 9.17) is 9.47 Å². The minimum atomic E-state index is -0.719. The molecule has 10 heteroatoms. The lowest BCUT2D eigenvalue weighted by Gasteiger charge is -2.43. The Morgan fingerprint density at radius 2 is 1.76 bits per heavy atom. The number of ether oxygens (including phenoxy) is 2. The highest BCUT2D eigenvalue weighted by molar-refractivity contribution is 5.95. The number of hydrogen-bond acceptors (Lipinski definition) is 6. The van der Waals surface area contributed by atoms with E-state index in [0.29, 0.717) is 54.5 Å². The number of nitrogens with one attached hydrogen (secondary N) is 2. The summed E-state index contributed by atoms with van der Waals surface area (Å²) in [5, 5.41) is 6.01. The monoisotopic (exact) mass is 563 g/mol. The highest BCUT2D eigenvalue weighted by Gasteiger charge is 2.38. The van der Waals surface area contributed by atoms with Gasteiger partial charge in [-0.25, -0.2) is 14.4 Å². The average Bonchev–Trinajstić information content (AvgIpc) is 2.91. The fourth-order valence-corrected chi connectivity index (χ4v) is 5.11. The van der Waals surface area contributed by atoms with Crippen molar-refractivity contribution in [3.8, 4) is 11.5 Å². The lowest BCUT2D eigenvalue weighted by atomic mass is 9.94. The zero-order valence-corrected chi connectivity index (χ0v) is 24.8. The maximum absolute atomic E-state index is 13.4. The van der Waals surface area contributed by atoms with E-state index >= 15 is 0 Å². The molecule has 2 aliphatic heterocycles. The fourth-order valence-electron chi connectivity index (χ4n) is 5.11. The van der Waals surface area contributed by atoms with Crippen LogP contribution in [0.1, 0.15) is 46.2 Å². The lowest BCUT2D eigenvalue weighted by Crippen LogP contribution is -2.59. The van der Waals surface area contributed by atoms with Crippen LogP contribution in [0.25, 0.3) is 0 Å². The zero-order chi connectivity index (χ0) is 29.7. The molecule has 2 aliphatic rings. The van der Waals surface area contributed by atoms with Gasteiger partial charge in [0.15, 0.2) is 0 Å². The first kappa shape index (κ1) is 29.9. The molecular weight excluding hydrogens is 522 g/mol. The van der Waals surface area contributed by atoms with Crippen LogP contribution in [0.5, 0.6) is 11.5 Å². The van der Waals surface area contributed by atoms with E-state index in [1.165, 1.54) is 4.90 Å². The van der Waals surface area contributed by atoms with Crippen LogP contribution in [-0.2, 0) is 9.53 Å². The van der Waals surface area contributed by atoms with Gasteiger partial charge < -0.3 is 25.0 Å². The van der Waals surface area contributed by atoms with Gasteiger partial charge in [0.2, 0.25) is 0 Å². The quantitative estimate of drug-likeness (QED) is 0.481. The molecule has 0 bridgehead atoms. The number of carbonyl (C=O) groups is 3. The molecule has 0 spiro atoms. The van der Waals surface area contributed by atoms with Crippen LogP contribution in [0.4, 0.5) is 9.59 Å². The molecule has 0 saturated carbocycles. The highest BCUT2D eigenvalue weighted by Crippen LogP contribution is 2.34. The van der Waals surface area contributed by atoms with E-state index in [1.54, 1.807) is 14.0 Å². The van der Waals surface area contributed by atoms with E-state index in [-0.39, 0.29) is 30.2 Å². The standard InChI is InChI=1S/C31H41N5O5/c1-7-40-28(37)26-25(20-35-16-17-36(21(2)19-35)30(39)33-31(3,4)5)34(6)29(38)32-27(26)22-12-11-15-24(18-22)41-23-13-9-8-10-14-23/h8-15,18,21,27H,7,16-17,19-20H2,1-6H3,(H,32,38)(H,33,39). The van der Waals surface area contributed by atoms with E-state index in [9.17, 15) is 14.4 Å². The van der Waals surface area contributed by atoms with Gasteiger partial charge in [-0.3, -0.25) is 9.80 Å². The second kappa shape index (κ2) is 12.6. The number of amides is 4. The van der Waals surface area contributed by atoms with E-state index in [2.05, 4.69) is 15.5 Å². The molecule has 0 aliphatic carbocycles. The third-order valence-corrected chi connectivity index (χ3v) is 7.07. The normalized spacial score (nSPS) is 20.0. The third kappa shape index (κ3) is 7.38. The molecule has 1 fully saturated rings. The summed E-state index contributed by atoms with van der Waals surface area (Å²) in [6.07, 6.45) is 0. The number of nitrogens with zero attached hydrogens (tertiary/aromatic N) is 3. The van der Waals surface area contributed by atoms with Crippen LogP contribution >= 0.6 is 0 Å². The van der Waals surface area contributed by atoms with E-state index < -0.39 is 12.0 Å². The van der Waals surface area contributed by atoms with Gasteiger partial charge in [-0.05, 0) is 64.4 Å². The summed E-state index contributed by atoms with van der Waals surface area (Å²) in [6.45, 7) is 11.9. The van der Waals surface area contributed by atoms with Gasteiger partial charge in [-0.1, -0.05) is 30.3 Å². The number of likely N-dealkylation sites (N-methyl/N-ethyl adjacent to an activating group) is 1. The van der Waals surface area contributed by atoms with Crippen molar-refractivity contribution in [3.63, 3.8) is 0 Å². The van der Waals surface area contributed by atoms with Crippen molar-refractivity contribution in [1.29, 1.82) is 0 Å². The molecule has 4 rings (SSSR count). The number of esters is 1. The summed E-state index contributed by atoms with van der Waals surface area (Å²) in [5.41, 5.74) is 1.33. The minimum Gasteiger partial charge on any atom is -0.463 e. The molecule has 1 saturated heterocycles. The van der Waals surface area contributed by atoms with Crippen molar-refractivity contribution in [2.75, 3.05) is 39.8 Å². The summed E-state index contributed by atoms with van der Waals surface area (Å²) in [6, 6.07) is 15.6. The number of rotatable bonds is 7. The van der Waals surface area contributed by atoms with Crippen LogP contribution in [-0.4, -0.2) is 84.1 Å². The third-order valence-electron chi connectivity index (χ3n) is 7.07. The highest BCUT2D eigenvalue weighted by atomic mass is 16.5. The summed E-state index contributed by atoms with van der Waals surface area (Å²) in [7, 11) is 1.66. The average molecular weight is 564 g/mol. The first-order chi connectivity index (χ1) is 19.5. The van der Waals surface area contributed by atoms with E-state index in [0.717, 1.165) is 0 Å². The molecule has 41 heavy (non-hydrogen) atoms. The van der Waals surface area contributed by atoms with Crippen LogP contribution in [0.3, 0.4) is 0 Å². The Hall–Kier alpha value is -4.05. The van der Waals surface area contributed by atoms with Crippen molar-refractivity contribution in [3.05, 3.63) is 71.4 Å². The van der Waals surface area contributed by atoms with Gasteiger partial charge >= 0.3 is 18.0 Å².